The second-order valence-electron chi connectivity index (χ2n) is 8.48. The van der Waals surface area contributed by atoms with E-state index in [1.807, 2.05) is 0 Å². The van der Waals surface area contributed by atoms with E-state index in [0.29, 0.717) is 36.1 Å². The Bertz CT molecular complexity index is 1390. The smallest absolute Gasteiger partial charge is 0.265 e. The lowest BCUT2D eigenvalue weighted by molar-refractivity contribution is 0.309. The van der Waals surface area contributed by atoms with Gasteiger partial charge in [0.15, 0.2) is 0 Å². The highest BCUT2D eigenvalue weighted by molar-refractivity contribution is 7.93. The first-order valence-corrected chi connectivity index (χ1v) is 15.3. The van der Waals surface area contributed by atoms with Crippen molar-refractivity contribution in [1.82, 2.24) is 0 Å². The zero-order valence-corrected chi connectivity index (χ0v) is 23.4. The Morgan fingerprint density at radius 3 is 1.58 bits per heavy atom. The average molecular weight is 563 g/mol. The van der Waals surface area contributed by atoms with Crippen LogP contribution >= 0.6 is 0 Å². The minimum absolute atomic E-state index is 0.00421. The molecule has 0 spiro atoms. The van der Waals surface area contributed by atoms with Crippen LogP contribution in [0.5, 0.6) is 17.2 Å². The molecule has 0 atom stereocenters. The van der Waals surface area contributed by atoms with E-state index in [1.165, 1.54) is 19.2 Å². The third-order valence-corrected chi connectivity index (χ3v) is 8.26. The Balaban J connectivity index is 1.78. The van der Waals surface area contributed by atoms with Crippen LogP contribution in [0.15, 0.2) is 76.5 Å². The first-order chi connectivity index (χ1) is 18.2. The molecule has 0 saturated heterocycles. The summed E-state index contributed by atoms with van der Waals surface area (Å²) in [7, 11) is -6.97. The Kier molecular flexibility index (Phi) is 10.3. The molecule has 0 radical (unpaired) electrons. The second-order valence-corrected chi connectivity index (χ2v) is 11.8. The molecule has 0 aliphatic rings. The molecule has 9 nitrogen and oxygen atoms in total. The molecule has 2 N–H and O–H groups in total. The molecule has 3 aromatic carbocycles. The molecule has 0 unspecified atom stereocenters. The highest BCUT2D eigenvalue weighted by atomic mass is 32.2. The van der Waals surface area contributed by atoms with Crippen molar-refractivity contribution >= 4 is 31.4 Å². The Morgan fingerprint density at radius 2 is 1.13 bits per heavy atom. The van der Waals surface area contributed by atoms with E-state index in [1.54, 1.807) is 48.5 Å². The largest absolute Gasteiger partial charge is 0.495 e. The number of unbranched alkanes of at least 4 members (excludes halogenated alkanes) is 2. The van der Waals surface area contributed by atoms with E-state index in [2.05, 4.69) is 23.3 Å². The van der Waals surface area contributed by atoms with Gasteiger partial charge in [0.05, 0.1) is 25.2 Å². The van der Waals surface area contributed by atoms with Crippen molar-refractivity contribution in [3.8, 4) is 17.2 Å². The third-order valence-electron chi connectivity index (χ3n) is 5.48. The summed E-state index contributed by atoms with van der Waals surface area (Å²) in [5.74, 6) is 1.26. The summed E-state index contributed by atoms with van der Waals surface area (Å²) >= 11 is 0. The number of nitrogens with one attached hydrogen (secondary N) is 2. The number of anilines is 2. The minimum atomic E-state index is -4.19. The topological polar surface area (TPSA) is 120 Å². The third kappa shape index (κ3) is 8.03. The normalized spacial score (nSPS) is 11.6. The summed E-state index contributed by atoms with van der Waals surface area (Å²) in [6.07, 6.45) is 3.85. The standard InChI is InChI=1S/C27H34N2O7S2/c1-4-6-18-35-23-12-8-21(9-13-23)28-37(30,31)25-16-17-26(34-3)27(20-25)38(32,33)29-22-10-14-24(15-11-22)36-19-7-5-2/h8-17,20,28-29H,4-7,18-19H2,1-3H3. The van der Waals surface area contributed by atoms with Crippen molar-refractivity contribution < 1.29 is 31.0 Å². The highest BCUT2D eigenvalue weighted by Crippen LogP contribution is 2.30. The van der Waals surface area contributed by atoms with Gasteiger partial charge in [-0.15, -0.1) is 0 Å². The molecule has 0 bridgehead atoms. The molecule has 0 amide bonds. The molecule has 3 aromatic rings. The van der Waals surface area contributed by atoms with Crippen LogP contribution in [0.25, 0.3) is 0 Å². The van der Waals surface area contributed by atoms with E-state index in [0.717, 1.165) is 31.7 Å². The van der Waals surface area contributed by atoms with Crippen molar-refractivity contribution in [3.05, 3.63) is 66.7 Å². The van der Waals surface area contributed by atoms with Gasteiger partial charge in [0.25, 0.3) is 20.0 Å². The zero-order valence-electron chi connectivity index (χ0n) is 21.8. The maximum Gasteiger partial charge on any atom is 0.265 e. The fourth-order valence-corrected chi connectivity index (χ4v) is 5.78. The zero-order chi connectivity index (χ0) is 27.6. The Morgan fingerprint density at radius 1 is 0.658 bits per heavy atom. The molecule has 206 valence electrons. The van der Waals surface area contributed by atoms with E-state index >= 15 is 0 Å². The van der Waals surface area contributed by atoms with Gasteiger partial charge in [-0.25, -0.2) is 16.8 Å². The number of benzene rings is 3. The van der Waals surface area contributed by atoms with Crippen molar-refractivity contribution in [2.75, 3.05) is 29.8 Å². The lowest BCUT2D eigenvalue weighted by atomic mass is 10.3. The van der Waals surface area contributed by atoms with Gasteiger partial charge in [-0.1, -0.05) is 26.7 Å². The van der Waals surface area contributed by atoms with E-state index in [9.17, 15) is 16.8 Å². The first-order valence-electron chi connectivity index (χ1n) is 12.4. The summed E-state index contributed by atoms with van der Waals surface area (Å²) in [6.45, 7) is 5.28. The molecule has 11 heteroatoms. The van der Waals surface area contributed by atoms with Gasteiger partial charge in [0.2, 0.25) is 0 Å². The van der Waals surface area contributed by atoms with Gasteiger partial charge >= 0.3 is 0 Å². The average Bonchev–Trinajstić information content (AvgIpc) is 2.90. The molecular weight excluding hydrogens is 528 g/mol. The number of hydrogen-bond donors (Lipinski definition) is 2. The second kappa shape index (κ2) is 13.4. The minimum Gasteiger partial charge on any atom is -0.495 e. The number of hydrogen-bond acceptors (Lipinski definition) is 7. The highest BCUT2D eigenvalue weighted by Gasteiger charge is 2.24. The molecule has 0 aromatic heterocycles. The molecule has 3 rings (SSSR count). The van der Waals surface area contributed by atoms with Crippen LogP contribution in [0.2, 0.25) is 0 Å². The van der Waals surface area contributed by atoms with Crippen LogP contribution in [0.3, 0.4) is 0 Å². The van der Waals surface area contributed by atoms with Crippen molar-refractivity contribution in [1.29, 1.82) is 0 Å². The SMILES string of the molecule is CCCCOc1ccc(NS(=O)(=O)c2ccc(OC)c(S(=O)(=O)Nc3ccc(OCCCC)cc3)c2)cc1. The predicted octanol–water partition coefficient (Wildman–Crippen LogP) is 5.65. The van der Waals surface area contributed by atoms with E-state index in [-0.39, 0.29) is 15.5 Å². The van der Waals surface area contributed by atoms with Crippen LogP contribution in [0.4, 0.5) is 11.4 Å². The lowest BCUT2D eigenvalue weighted by Gasteiger charge is -2.15. The molecule has 0 aliphatic heterocycles. The van der Waals surface area contributed by atoms with Gasteiger partial charge in [-0.05, 0) is 79.6 Å². The summed E-state index contributed by atoms with van der Waals surface area (Å²) in [4.78, 5) is -0.549. The number of rotatable bonds is 15. The van der Waals surface area contributed by atoms with Crippen molar-refractivity contribution in [2.45, 2.75) is 49.3 Å². The Hall–Kier alpha value is -3.44. The fraction of sp³-hybridized carbons (Fsp3) is 0.333. The number of ether oxygens (including phenoxy) is 3. The summed E-state index contributed by atoms with van der Waals surface area (Å²) in [5, 5.41) is 0. The molecule has 0 heterocycles. The Labute approximate surface area is 225 Å². The summed E-state index contributed by atoms with van der Waals surface area (Å²) in [5.41, 5.74) is 0.606. The molecule has 0 fully saturated rings. The lowest BCUT2D eigenvalue weighted by Crippen LogP contribution is -2.17. The van der Waals surface area contributed by atoms with Crippen LogP contribution in [0.1, 0.15) is 39.5 Å². The van der Waals surface area contributed by atoms with E-state index in [4.69, 9.17) is 14.2 Å². The fourth-order valence-electron chi connectivity index (χ4n) is 3.37. The molecule has 38 heavy (non-hydrogen) atoms. The van der Waals surface area contributed by atoms with Gasteiger partial charge in [-0.3, -0.25) is 9.44 Å². The van der Waals surface area contributed by atoms with Crippen LogP contribution in [-0.4, -0.2) is 37.2 Å². The summed E-state index contributed by atoms with van der Waals surface area (Å²) < 4.78 is 73.9. The van der Waals surface area contributed by atoms with Gasteiger partial charge in [-0.2, -0.15) is 0 Å². The van der Waals surface area contributed by atoms with Gasteiger partial charge in [0, 0.05) is 11.4 Å². The number of sulfonamides is 2. The molecule has 0 saturated carbocycles. The van der Waals surface area contributed by atoms with Gasteiger partial charge < -0.3 is 14.2 Å². The van der Waals surface area contributed by atoms with Crippen molar-refractivity contribution in [2.24, 2.45) is 0 Å². The van der Waals surface area contributed by atoms with Gasteiger partial charge in [0.1, 0.15) is 22.1 Å². The van der Waals surface area contributed by atoms with Crippen LogP contribution in [-0.2, 0) is 20.0 Å². The first kappa shape index (κ1) is 29.1. The van der Waals surface area contributed by atoms with E-state index < -0.39 is 20.0 Å². The quantitative estimate of drug-likeness (QED) is 0.230. The number of methoxy groups -OCH3 is 1. The maximum atomic E-state index is 13.2. The predicted molar refractivity (Wildman–Crippen MR) is 148 cm³/mol. The maximum absolute atomic E-state index is 13.2. The molecular formula is C27H34N2O7S2. The summed E-state index contributed by atoms with van der Waals surface area (Å²) in [6, 6.07) is 16.6. The van der Waals surface area contributed by atoms with Crippen LogP contribution in [0, 0.1) is 0 Å². The monoisotopic (exact) mass is 562 g/mol. The van der Waals surface area contributed by atoms with Crippen LogP contribution < -0.4 is 23.7 Å². The molecule has 0 aliphatic carbocycles. The van der Waals surface area contributed by atoms with Crippen molar-refractivity contribution in [3.63, 3.8) is 0 Å².